The van der Waals surface area contributed by atoms with Gasteiger partial charge in [-0.3, -0.25) is 62.7 Å². The number of carbonyl (C=O) groups excluding carboxylic acids is 10. The van der Waals surface area contributed by atoms with Crippen LogP contribution < -0.4 is 82.7 Å². The Balaban J connectivity index is 2.54. The third-order valence-corrected chi connectivity index (χ3v) is 13.1. The summed E-state index contributed by atoms with van der Waals surface area (Å²) in [5.41, 5.74) is 39.8. The van der Waals surface area contributed by atoms with E-state index in [0.29, 0.717) is 17.5 Å². The van der Waals surface area contributed by atoms with Crippen molar-refractivity contribution in [1.82, 2.24) is 42.5 Å². The van der Waals surface area contributed by atoms with Gasteiger partial charge in [-0.2, -0.15) is 0 Å². The Bertz CT molecular complexity index is 2760. The van der Waals surface area contributed by atoms with Crippen LogP contribution in [0.3, 0.4) is 0 Å². The lowest BCUT2D eigenvalue weighted by atomic mass is 10.00. The maximum atomic E-state index is 14.3. The third-order valence-electron chi connectivity index (χ3n) is 13.1. The Morgan fingerprint density at radius 1 is 0.432 bits per heavy atom. The molecule has 0 bridgehead atoms. The summed E-state index contributed by atoms with van der Waals surface area (Å²) in [5, 5.41) is 49.4. The highest BCUT2D eigenvalue weighted by molar-refractivity contribution is 5.99. The lowest BCUT2D eigenvalue weighted by molar-refractivity contribution is -0.143. The molecule has 0 fully saturated rings. The van der Waals surface area contributed by atoms with Crippen molar-refractivity contribution in [2.75, 3.05) is 13.1 Å². The minimum atomic E-state index is -2.07. The quantitative estimate of drug-likeness (QED) is 0.0170. The fourth-order valence-corrected chi connectivity index (χ4v) is 8.63. The lowest BCUT2D eigenvalue weighted by Gasteiger charge is -2.28. The van der Waals surface area contributed by atoms with Crippen molar-refractivity contribution >= 4 is 82.9 Å². The van der Waals surface area contributed by atoms with Gasteiger partial charge in [0.25, 0.3) is 0 Å². The molecule has 0 spiro atoms. The van der Waals surface area contributed by atoms with Crippen LogP contribution in [-0.4, -0.2) is 166 Å². The number of phenols is 1. The molecule has 0 heterocycles. The summed E-state index contributed by atoms with van der Waals surface area (Å²) >= 11 is 0. The lowest BCUT2D eigenvalue weighted by Crippen LogP contribution is -2.61. The van der Waals surface area contributed by atoms with Crippen LogP contribution >= 0.6 is 0 Å². The molecule has 32 heteroatoms. The summed E-state index contributed by atoms with van der Waals surface area (Å²) < 4.78 is 0. The number of nitrogens with two attached hydrogens (primary N) is 7. The first-order valence-corrected chi connectivity index (χ1v) is 28.5. The first-order valence-electron chi connectivity index (χ1n) is 28.5. The molecule has 0 unspecified atom stereocenters. The molecule has 9 atom stereocenters. The number of nitrogens with one attached hydrogen (secondary N) is 8. The number of guanidine groups is 2. The van der Waals surface area contributed by atoms with E-state index in [1.807, 2.05) is 0 Å². The molecule has 2 rings (SSSR count). The molecular weight excluding hydrogens is 1150 g/mol. The van der Waals surface area contributed by atoms with Gasteiger partial charge < -0.3 is 98.0 Å². The van der Waals surface area contributed by atoms with E-state index in [4.69, 9.17) is 40.1 Å². The van der Waals surface area contributed by atoms with E-state index >= 15 is 0 Å². The second-order valence-electron chi connectivity index (χ2n) is 21.8. The number of amides is 10. The number of nitrogens with zero attached hydrogens (tertiary/aromatic N) is 2. The van der Waals surface area contributed by atoms with Crippen LogP contribution in [0.5, 0.6) is 5.75 Å². The van der Waals surface area contributed by atoms with E-state index in [0.717, 1.165) is 0 Å². The van der Waals surface area contributed by atoms with Crippen molar-refractivity contribution in [3.05, 3.63) is 65.7 Å². The highest BCUT2D eigenvalue weighted by Crippen LogP contribution is 2.15. The normalized spacial score (nSPS) is 14.0. The summed E-state index contributed by atoms with van der Waals surface area (Å²) in [6.07, 6.45) is -3.59. The number of rotatable bonds is 41. The molecule has 2 aromatic carbocycles. The van der Waals surface area contributed by atoms with Crippen molar-refractivity contribution in [3.63, 3.8) is 0 Å². The third kappa shape index (κ3) is 29.9. The van der Waals surface area contributed by atoms with Crippen LogP contribution in [0.25, 0.3) is 0 Å². The monoisotopic (exact) mass is 1240 g/mol. The number of aliphatic imine (C=N–C) groups is 2. The van der Waals surface area contributed by atoms with Gasteiger partial charge in [-0.15, -0.1) is 0 Å². The molecule has 32 nitrogen and oxygen atoms in total. The van der Waals surface area contributed by atoms with E-state index < -0.39 is 157 Å². The molecule has 25 N–H and O–H groups in total. The average molecular weight is 1240 g/mol. The number of aromatic hydroxyl groups is 1. The Kier molecular flexibility index (Phi) is 32.5. The standard InChI is InChI=1S/C56H87N17O15/c1-29(2)24-38(70-51(84)39(27-32-14-16-33(74)17-15-32)69-46(79)34(57)12-8-22-64-55(60)61)50(83)67-37(19-21-44(59)76)49(82)72-41(28-45(77)78)53(86)68-36(18-20-43(58)75)48(81)66-35(13-9-23-65-56(62)63)47(80)71-40(26-31-10-6-5-7-11-31)52(85)73-42(54(87)88)25-30(3)4/h5-7,10-11,14-17,29-30,34-42,74H,8-9,12-13,18-28,57H2,1-4H3,(H2,58,75)(H2,59,76)(H,66,81)(H,67,83)(H,68,86)(H,69,79)(H,70,84)(H,71,80)(H,72,82)(H,73,85)(H,77,78)(H,87,88)(H4,60,61,64)(H4,62,63,65)/t34-,35-,36-,37-,38-,39-,40-,41-,42-/m0/s1. The predicted octanol–water partition coefficient (Wildman–Crippen LogP) is -4.33. The van der Waals surface area contributed by atoms with Crippen LogP contribution in [0.1, 0.15) is 109 Å². The van der Waals surface area contributed by atoms with Crippen LogP contribution in [0.2, 0.25) is 0 Å². The number of carbonyl (C=O) groups is 12. The van der Waals surface area contributed by atoms with E-state index in [-0.39, 0.29) is 87.5 Å². The molecule has 486 valence electrons. The fraction of sp³-hybridized carbons (Fsp3) is 0.536. The summed E-state index contributed by atoms with van der Waals surface area (Å²) in [7, 11) is 0. The number of primary amides is 2. The van der Waals surface area contributed by atoms with Gasteiger partial charge in [-0.25, -0.2) is 4.79 Å². The molecule has 0 aliphatic heterocycles. The number of hydrogen-bond acceptors (Lipinski definition) is 16. The summed E-state index contributed by atoms with van der Waals surface area (Å²) in [4.78, 5) is 169. The number of carboxylic acid groups (broad SMARTS) is 2. The van der Waals surface area contributed by atoms with Gasteiger partial charge in [-0.1, -0.05) is 70.2 Å². The van der Waals surface area contributed by atoms with Crippen LogP contribution in [0, 0.1) is 11.8 Å². The van der Waals surface area contributed by atoms with Crippen LogP contribution in [0.15, 0.2) is 64.6 Å². The van der Waals surface area contributed by atoms with Gasteiger partial charge in [0.05, 0.1) is 12.5 Å². The summed E-state index contributed by atoms with van der Waals surface area (Å²) in [5.74, 6) is -14.2. The van der Waals surface area contributed by atoms with Gasteiger partial charge in [0.2, 0.25) is 59.1 Å². The predicted molar refractivity (Wildman–Crippen MR) is 321 cm³/mol. The van der Waals surface area contributed by atoms with Crippen molar-refractivity contribution in [2.45, 2.75) is 166 Å². The summed E-state index contributed by atoms with van der Waals surface area (Å²) in [6.45, 7) is 6.99. The van der Waals surface area contributed by atoms with Gasteiger partial charge in [0, 0.05) is 38.8 Å². The molecule has 2 aromatic rings. The number of benzene rings is 2. The molecule has 0 radical (unpaired) electrons. The van der Waals surface area contributed by atoms with Crippen LogP contribution in [-0.2, 0) is 70.4 Å². The molecule has 0 saturated carbocycles. The first-order chi connectivity index (χ1) is 41.3. The molecule has 0 aliphatic carbocycles. The highest BCUT2D eigenvalue weighted by atomic mass is 16.4. The molecular formula is C56H87N17O15. The Labute approximate surface area is 508 Å². The largest absolute Gasteiger partial charge is 0.508 e. The molecule has 88 heavy (non-hydrogen) atoms. The van der Waals surface area contributed by atoms with E-state index in [1.54, 1.807) is 58.0 Å². The zero-order valence-electron chi connectivity index (χ0n) is 49.8. The number of phenolic OH excluding ortho intramolecular Hbond substituents is 1. The zero-order chi connectivity index (χ0) is 66.2. The Hall–Kier alpha value is -9.62. The van der Waals surface area contributed by atoms with E-state index in [2.05, 4.69) is 52.5 Å². The molecule has 0 saturated heterocycles. The number of aliphatic carboxylic acids is 2. The van der Waals surface area contributed by atoms with E-state index in [1.165, 1.54) is 24.3 Å². The topological polar surface area (TPSA) is 569 Å². The second-order valence-corrected chi connectivity index (χ2v) is 21.8. The number of hydrogen-bond donors (Lipinski definition) is 18. The zero-order valence-corrected chi connectivity index (χ0v) is 49.8. The fourth-order valence-electron chi connectivity index (χ4n) is 8.63. The Morgan fingerprint density at radius 2 is 0.784 bits per heavy atom. The van der Waals surface area contributed by atoms with Crippen molar-refractivity contribution in [2.24, 2.45) is 62.0 Å². The number of carboxylic acids is 2. The van der Waals surface area contributed by atoms with Gasteiger partial charge in [0.1, 0.15) is 54.1 Å². The Morgan fingerprint density at radius 3 is 1.22 bits per heavy atom. The average Bonchev–Trinajstić information content (AvgIpc) is 3.62. The maximum Gasteiger partial charge on any atom is 0.326 e. The first kappa shape index (κ1) is 74.5. The smallest absolute Gasteiger partial charge is 0.326 e. The summed E-state index contributed by atoms with van der Waals surface area (Å²) in [6, 6.07) is 0.0699. The van der Waals surface area contributed by atoms with Gasteiger partial charge >= 0.3 is 11.9 Å². The molecule has 10 amide bonds. The van der Waals surface area contributed by atoms with Gasteiger partial charge in [0.15, 0.2) is 11.9 Å². The highest BCUT2D eigenvalue weighted by Gasteiger charge is 2.36. The van der Waals surface area contributed by atoms with Gasteiger partial charge in [-0.05, 0) is 86.5 Å². The van der Waals surface area contributed by atoms with Crippen molar-refractivity contribution in [3.8, 4) is 5.75 Å². The van der Waals surface area contributed by atoms with Crippen molar-refractivity contribution in [1.29, 1.82) is 0 Å². The van der Waals surface area contributed by atoms with E-state index in [9.17, 15) is 72.9 Å². The minimum Gasteiger partial charge on any atom is -0.508 e. The maximum absolute atomic E-state index is 14.3. The second kappa shape index (κ2) is 38.4. The molecule has 0 aliphatic rings. The SMILES string of the molecule is CC(C)C[C@H](NC(=O)[C@H](Cc1ccccc1)NC(=O)[C@H](CCCN=C(N)N)NC(=O)[C@H](CCC(N)=O)NC(=O)[C@H](CC(=O)O)NC(=O)[C@H](CCC(N)=O)NC(=O)[C@H](CC(C)C)NC(=O)[C@H](Cc1ccc(O)cc1)NC(=O)[C@@H](N)CCCN=C(N)N)C(=O)O. The minimum absolute atomic E-state index is 0.0176. The molecule has 0 aromatic heterocycles. The van der Waals surface area contributed by atoms with Crippen LogP contribution in [0.4, 0.5) is 0 Å². The van der Waals surface area contributed by atoms with Crippen molar-refractivity contribution < 1.29 is 72.9 Å².